The lowest BCUT2D eigenvalue weighted by molar-refractivity contribution is -0.763. The lowest BCUT2D eigenvalue weighted by Gasteiger charge is -2.27. The van der Waals surface area contributed by atoms with Crippen molar-refractivity contribution in [2.75, 3.05) is 6.54 Å². The van der Waals surface area contributed by atoms with Crippen LogP contribution in [-0.2, 0) is 42.6 Å². The number of amides is 1. The van der Waals surface area contributed by atoms with E-state index in [2.05, 4.69) is 10.2 Å². The molecule has 0 fully saturated rings. The SMILES string of the molecule is CCN[C@H]1CC(C)S(=O)(=O)c2sc(S(=O)(=O)NC(=O)OCc3cccc(CO[N+](=O)[O-])c3)cc21. The molecule has 12 nitrogen and oxygen atoms in total. The highest BCUT2D eigenvalue weighted by Gasteiger charge is 2.39. The van der Waals surface area contributed by atoms with E-state index in [-0.39, 0.29) is 27.7 Å². The zero-order valence-corrected chi connectivity index (χ0v) is 20.7. The van der Waals surface area contributed by atoms with Crippen LogP contribution in [-0.4, -0.2) is 39.8 Å². The van der Waals surface area contributed by atoms with E-state index in [1.165, 1.54) is 12.1 Å². The van der Waals surface area contributed by atoms with Crippen molar-refractivity contribution in [3.05, 3.63) is 57.1 Å². The molecule has 2 aromatic rings. The fraction of sp³-hybridized carbons (Fsp3) is 0.421. The molecular formula is C19H23N3O9S3. The molecule has 186 valence electrons. The van der Waals surface area contributed by atoms with Gasteiger partial charge in [-0.2, -0.15) is 0 Å². The first kappa shape index (κ1) is 25.9. The topological polar surface area (TPSA) is 171 Å². The van der Waals surface area contributed by atoms with Crippen LogP contribution in [0.4, 0.5) is 4.79 Å². The molecule has 3 rings (SSSR count). The summed E-state index contributed by atoms with van der Waals surface area (Å²) >= 11 is 0.594. The second-order valence-electron chi connectivity index (χ2n) is 7.51. The van der Waals surface area contributed by atoms with Crippen LogP contribution < -0.4 is 10.0 Å². The number of ether oxygens (including phenoxy) is 1. The summed E-state index contributed by atoms with van der Waals surface area (Å²) in [5, 5.41) is 11.9. The minimum Gasteiger partial charge on any atom is -0.444 e. The summed E-state index contributed by atoms with van der Waals surface area (Å²) in [5.74, 6) is 0. The Labute approximate surface area is 200 Å². The zero-order chi connectivity index (χ0) is 25.1. The fourth-order valence-corrected chi connectivity index (χ4v) is 8.33. The molecule has 15 heteroatoms. The molecule has 2 heterocycles. The van der Waals surface area contributed by atoms with Gasteiger partial charge >= 0.3 is 6.09 Å². The number of carbonyl (C=O) groups excluding carboxylic acids is 1. The maximum atomic E-state index is 12.7. The Balaban J connectivity index is 1.71. The van der Waals surface area contributed by atoms with E-state index >= 15 is 0 Å². The average molecular weight is 534 g/mol. The van der Waals surface area contributed by atoms with Crippen LogP contribution in [0.3, 0.4) is 0 Å². The minimum absolute atomic E-state index is 0.0281. The number of carbonyl (C=O) groups is 1. The van der Waals surface area contributed by atoms with Crippen LogP contribution >= 0.6 is 11.3 Å². The maximum absolute atomic E-state index is 12.7. The van der Waals surface area contributed by atoms with E-state index in [4.69, 9.17) is 4.74 Å². The molecule has 1 aliphatic heterocycles. The second kappa shape index (κ2) is 10.2. The Morgan fingerprint density at radius 1 is 1.26 bits per heavy atom. The van der Waals surface area contributed by atoms with Gasteiger partial charge in [-0.05, 0) is 37.1 Å². The highest BCUT2D eigenvalue weighted by Crippen LogP contribution is 2.42. The van der Waals surface area contributed by atoms with Crippen molar-refractivity contribution in [1.82, 2.24) is 10.0 Å². The molecule has 0 saturated heterocycles. The molecule has 1 amide bonds. The molecule has 2 N–H and O–H groups in total. The number of sulfonamides is 1. The Morgan fingerprint density at radius 3 is 2.59 bits per heavy atom. The van der Waals surface area contributed by atoms with Crippen molar-refractivity contribution in [2.24, 2.45) is 0 Å². The van der Waals surface area contributed by atoms with E-state index in [0.29, 0.717) is 41.0 Å². The van der Waals surface area contributed by atoms with Gasteiger partial charge < -0.3 is 14.9 Å². The number of fused-ring (bicyclic) bond motifs is 1. The second-order valence-corrected chi connectivity index (χ2v) is 13.0. The first-order chi connectivity index (χ1) is 15.9. The monoisotopic (exact) mass is 533 g/mol. The standard InChI is InChI=1S/C19H23N3O9S3/c1-3-20-16-7-12(2)33(26,27)18-15(16)9-17(32-18)34(28,29)21-19(23)30-10-13-5-4-6-14(8-13)11-31-22(24)25/h4-6,8-9,12,16,20H,3,7,10-11H2,1-2H3,(H,21,23)/t12?,16-/m0/s1. The van der Waals surface area contributed by atoms with Gasteiger partial charge in [0.25, 0.3) is 15.1 Å². The molecule has 1 unspecified atom stereocenters. The third kappa shape index (κ3) is 5.84. The molecule has 2 atom stereocenters. The average Bonchev–Trinajstić information content (AvgIpc) is 3.23. The predicted octanol–water partition coefficient (Wildman–Crippen LogP) is 2.29. The molecule has 34 heavy (non-hydrogen) atoms. The molecule has 1 aliphatic rings. The van der Waals surface area contributed by atoms with Crippen molar-refractivity contribution < 1.29 is 36.3 Å². The van der Waals surface area contributed by atoms with E-state index < -0.39 is 36.3 Å². The predicted molar refractivity (Wildman–Crippen MR) is 121 cm³/mol. The quantitative estimate of drug-likeness (QED) is 0.360. The first-order valence-corrected chi connectivity index (χ1v) is 13.9. The molecule has 0 aliphatic carbocycles. The number of nitrogens with zero attached hydrogens (tertiary/aromatic N) is 1. The van der Waals surface area contributed by atoms with Crippen molar-refractivity contribution in [2.45, 2.75) is 53.2 Å². The normalized spacial score (nSPS) is 19.1. The van der Waals surface area contributed by atoms with Gasteiger partial charge in [0.05, 0.1) is 5.25 Å². The summed E-state index contributed by atoms with van der Waals surface area (Å²) < 4.78 is 57.3. The summed E-state index contributed by atoms with van der Waals surface area (Å²) in [7, 11) is -8.07. The Kier molecular flexibility index (Phi) is 7.80. The summed E-state index contributed by atoms with van der Waals surface area (Å²) in [6, 6.07) is 7.18. The number of sulfone groups is 1. The van der Waals surface area contributed by atoms with Gasteiger partial charge in [0, 0.05) is 11.6 Å². The molecule has 0 spiro atoms. The number of rotatable bonds is 9. The maximum Gasteiger partial charge on any atom is 0.421 e. The van der Waals surface area contributed by atoms with Crippen LogP contribution in [0.25, 0.3) is 0 Å². The van der Waals surface area contributed by atoms with E-state index in [1.54, 1.807) is 29.8 Å². The largest absolute Gasteiger partial charge is 0.444 e. The number of thiophene rings is 1. The van der Waals surface area contributed by atoms with Gasteiger partial charge in [0.15, 0.2) is 9.84 Å². The van der Waals surface area contributed by atoms with Gasteiger partial charge in [0.1, 0.15) is 21.6 Å². The lowest BCUT2D eigenvalue weighted by atomic mass is 10.1. The van der Waals surface area contributed by atoms with Crippen LogP contribution in [0, 0.1) is 10.1 Å². The van der Waals surface area contributed by atoms with Gasteiger partial charge in [-0.3, -0.25) is 0 Å². The van der Waals surface area contributed by atoms with E-state index in [0.717, 1.165) is 0 Å². The summed E-state index contributed by atoms with van der Waals surface area (Å²) in [6.45, 7) is 3.41. The zero-order valence-electron chi connectivity index (χ0n) is 18.2. The van der Waals surface area contributed by atoms with Crippen LogP contribution in [0.1, 0.15) is 43.0 Å². The van der Waals surface area contributed by atoms with Crippen molar-refractivity contribution >= 4 is 37.3 Å². The van der Waals surface area contributed by atoms with Crippen LogP contribution in [0.2, 0.25) is 0 Å². The highest BCUT2D eigenvalue weighted by molar-refractivity contribution is 7.95. The number of benzene rings is 1. The smallest absolute Gasteiger partial charge is 0.421 e. The van der Waals surface area contributed by atoms with Gasteiger partial charge in [-0.1, -0.05) is 31.2 Å². The van der Waals surface area contributed by atoms with Crippen molar-refractivity contribution in [3.8, 4) is 0 Å². The minimum atomic E-state index is -4.38. The molecule has 0 bridgehead atoms. The van der Waals surface area contributed by atoms with Crippen molar-refractivity contribution in [1.29, 1.82) is 0 Å². The highest BCUT2D eigenvalue weighted by atomic mass is 32.3. The Morgan fingerprint density at radius 2 is 1.94 bits per heavy atom. The molecule has 0 saturated carbocycles. The van der Waals surface area contributed by atoms with Crippen molar-refractivity contribution in [3.63, 3.8) is 0 Å². The van der Waals surface area contributed by atoms with Crippen LogP contribution in [0.15, 0.2) is 38.8 Å². The summed E-state index contributed by atoms with van der Waals surface area (Å²) in [4.78, 5) is 26.7. The number of hydrogen-bond donors (Lipinski definition) is 2. The number of nitrogens with one attached hydrogen (secondary N) is 2. The first-order valence-electron chi connectivity index (χ1n) is 10.1. The molecule has 0 radical (unpaired) electrons. The number of hydrogen-bond acceptors (Lipinski definition) is 11. The Hall–Kier alpha value is -2.75. The van der Waals surface area contributed by atoms with E-state index in [9.17, 15) is 31.7 Å². The summed E-state index contributed by atoms with van der Waals surface area (Å²) in [5.41, 5.74) is 1.28. The molecule has 1 aromatic carbocycles. The van der Waals surface area contributed by atoms with Gasteiger partial charge in [-0.25, -0.2) is 26.4 Å². The van der Waals surface area contributed by atoms with Crippen LogP contribution in [0.5, 0.6) is 0 Å². The van der Waals surface area contributed by atoms with E-state index in [1.807, 2.05) is 6.92 Å². The van der Waals surface area contributed by atoms with Gasteiger partial charge in [-0.15, -0.1) is 21.5 Å². The van der Waals surface area contributed by atoms with Gasteiger partial charge in [0.2, 0.25) is 0 Å². The third-order valence-electron chi connectivity index (χ3n) is 5.06. The third-order valence-corrected chi connectivity index (χ3v) is 10.7. The lowest BCUT2D eigenvalue weighted by Crippen LogP contribution is -2.33. The fourth-order valence-electron chi connectivity index (χ4n) is 3.45. The molecular weight excluding hydrogens is 510 g/mol. The molecule has 1 aromatic heterocycles. The summed E-state index contributed by atoms with van der Waals surface area (Å²) in [6.07, 6.45) is -0.946. The Bertz CT molecular complexity index is 1290.